The largest absolute Gasteiger partial charge is 0.494 e. The van der Waals surface area contributed by atoms with Crippen molar-refractivity contribution in [1.82, 2.24) is 4.98 Å². The average Bonchev–Trinajstić information content (AvgIpc) is 3.12. The number of hydrogen-bond acceptors (Lipinski definition) is 4. The van der Waals surface area contributed by atoms with Crippen molar-refractivity contribution in [2.75, 3.05) is 0 Å². The summed E-state index contributed by atoms with van der Waals surface area (Å²) in [7, 11) is -0.397. The molecule has 5 heteroatoms. The SMILES string of the molecule is CC1(C)OB(c2ccccc2)OC1(C)Cc1cccc(-c2ccccc2OCc2ccccc2)n1. The van der Waals surface area contributed by atoms with Crippen LogP contribution in [-0.4, -0.2) is 23.3 Å². The Bertz CT molecular complexity index is 1280. The maximum Gasteiger partial charge on any atom is 0.494 e. The highest BCUT2D eigenvalue weighted by Crippen LogP contribution is 2.40. The first kappa shape index (κ1) is 23.3. The zero-order valence-electron chi connectivity index (χ0n) is 20.5. The predicted octanol–water partition coefficient (Wildman–Crippen LogP) is 5.85. The van der Waals surface area contributed by atoms with Crippen LogP contribution < -0.4 is 10.2 Å². The van der Waals surface area contributed by atoms with Gasteiger partial charge >= 0.3 is 7.12 Å². The van der Waals surface area contributed by atoms with Crippen molar-refractivity contribution in [2.45, 2.75) is 45.0 Å². The summed E-state index contributed by atoms with van der Waals surface area (Å²) in [6.45, 7) is 6.80. The fraction of sp³-hybridized carbons (Fsp3) is 0.233. The van der Waals surface area contributed by atoms with Gasteiger partial charge in [0.1, 0.15) is 12.4 Å². The quantitative estimate of drug-likeness (QED) is 0.323. The molecule has 1 saturated heterocycles. The molecule has 4 nitrogen and oxygen atoms in total. The van der Waals surface area contributed by atoms with Gasteiger partial charge in [0.05, 0.1) is 16.9 Å². The summed E-state index contributed by atoms with van der Waals surface area (Å²) in [5, 5.41) is 0. The number of benzene rings is 3. The van der Waals surface area contributed by atoms with E-state index >= 15 is 0 Å². The molecule has 0 bridgehead atoms. The maximum atomic E-state index is 6.52. The highest BCUT2D eigenvalue weighted by atomic mass is 16.7. The fourth-order valence-electron chi connectivity index (χ4n) is 4.41. The molecule has 35 heavy (non-hydrogen) atoms. The molecule has 0 aliphatic carbocycles. The van der Waals surface area contributed by atoms with E-state index in [9.17, 15) is 0 Å². The first-order valence-electron chi connectivity index (χ1n) is 12.1. The topological polar surface area (TPSA) is 40.6 Å². The van der Waals surface area contributed by atoms with Gasteiger partial charge in [0.2, 0.25) is 0 Å². The minimum absolute atomic E-state index is 0.397. The first-order valence-corrected chi connectivity index (χ1v) is 12.1. The minimum Gasteiger partial charge on any atom is -0.488 e. The van der Waals surface area contributed by atoms with Crippen LogP contribution >= 0.6 is 0 Å². The standard InChI is InChI=1S/C30H30BNO3/c1-29(2)30(3,35-31(34-29)24-15-8-5-9-16-24)21-25-17-12-19-27(32-25)26-18-10-11-20-28(26)33-22-23-13-6-4-7-14-23/h4-20H,21-22H2,1-3H3. The Morgan fingerprint density at radius 1 is 0.743 bits per heavy atom. The first-order chi connectivity index (χ1) is 16.9. The van der Waals surface area contributed by atoms with E-state index in [4.69, 9.17) is 19.0 Å². The lowest BCUT2D eigenvalue weighted by Crippen LogP contribution is -2.46. The van der Waals surface area contributed by atoms with Gasteiger partial charge in [-0.2, -0.15) is 0 Å². The summed E-state index contributed by atoms with van der Waals surface area (Å²) in [4.78, 5) is 5.02. The summed E-state index contributed by atoms with van der Waals surface area (Å²) < 4.78 is 19.1. The van der Waals surface area contributed by atoms with Crippen LogP contribution in [-0.2, 0) is 22.3 Å². The van der Waals surface area contributed by atoms with Crippen molar-refractivity contribution < 1.29 is 14.0 Å². The van der Waals surface area contributed by atoms with Crippen molar-refractivity contribution in [3.63, 3.8) is 0 Å². The average molecular weight is 463 g/mol. The van der Waals surface area contributed by atoms with Crippen LogP contribution in [0.3, 0.4) is 0 Å². The molecule has 0 N–H and O–H groups in total. The van der Waals surface area contributed by atoms with E-state index < -0.39 is 18.3 Å². The lowest BCUT2D eigenvalue weighted by atomic mass is 9.79. The molecule has 1 aliphatic rings. The van der Waals surface area contributed by atoms with Crippen LogP contribution in [0.25, 0.3) is 11.3 Å². The highest BCUT2D eigenvalue weighted by molar-refractivity contribution is 6.62. The van der Waals surface area contributed by atoms with Gasteiger partial charge in [-0.3, -0.25) is 4.98 Å². The Kier molecular flexibility index (Phi) is 6.46. The maximum absolute atomic E-state index is 6.52. The molecule has 1 fully saturated rings. The molecular formula is C30H30BNO3. The van der Waals surface area contributed by atoms with Gasteiger partial charge in [-0.1, -0.05) is 78.9 Å². The molecule has 0 saturated carbocycles. The molecule has 0 radical (unpaired) electrons. The van der Waals surface area contributed by atoms with Crippen LogP contribution in [0.1, 0.15) is 32.0 Å². The van der Waals surface area contributed by atoms with Crippen molar-refractivity contribution in [3.8, 4) is 17.0 Å². The second-order valence-electron chi connectivity index (χ2n) is 9.68. The van der Waals surface area contributed by atoms with Crippen LogP contribution in [0.2, 0.25) is 0 Å². The number of hydrogen-bond donors (Lipinski definition) is 0. The molecule has 2 heterocycles. The van der Waals surface area contributed by atoms with Gasteiger partial charge < -0.3 is 14.0 Å². The third-order valence-corrected chi connectivity index (χ3v) is 6.84. The lowest BCUT2D eigenvalue weighted by molar-refractivity contribution is -0.00942. The minimum atomic E-state index is -0.539. The van der Waals surface area contributed by atoms with Crippen molar-refractivity contribution >= 4 is 12.6 Å². The summed E-state index contributed by atoms with van der Waals surface area (Å²) in [5.41, 5.74) is 3.94. The Balaban J connectivity index is 1.37. The fourth-order valence-corrected chi connectivity index (χ4v) is 4.41. The van der Waals surface area contributed by atoms with Crippen LogP contribution in [0.15, 0.2) is 103 Å². The Morgan fingerprint density at radius 2 is 1.43 bits per heavy atom. The molecular weight excluding hydrogens is 433 g/mol. The second kappa shape index (κ2) is 9.69. The zero-order chi connectivity index (χ0) is 24.3. The van der Waals surface area contributed by atoms with Crippen molar-refractivity contribution in [1.29, 1.82) is 0 Å². The lowest BCUT2D eigenvalue weighted by Gasteiger charge is -2.36. The number of aromatic nitrogens is 1. The van der Waals surface area contributed by atoms with E-state index in [1.54, 1.807) is 0 Å². The molecule has 0 amide bonds. The number of rotatable bonds is 7. The molecule has 1 unspecified atom stereocenters. The molecule has 1 aromatic heterocycles. The van der Waals surface area contributed by atoms with E-state index in [1.165, 1.54) is 0 Å². The van der Waals surface area contributed by atoms with E-state index in [1.807, 2.05) is 78.9 Å². The summed E-state index contributed by atoms with van der Waals surface area (Å²) >= 11 is 0. The molecule has 1 atom stereocenters. The molecule has 5 rings (SSSR count). The Morgan fingerprint density at radius 3 is 2.20 bits per heavy atom. The van der Waals surface area contributed by atoms with Crippen LogP contribution in [0.5, 0.6) is 5.75 Å². The van der Waals surface area contributed by atoms with E-state index in [2.05, 4.69) is 45.0 Å². The summed E-state index contributed by atoms with van der Waals surface area (Å²) in [6, 6.07) is 34.5. The zero-order valence-corrected chi connectivity index (χ0v) is 20.5. The van der Waals surface area contributed by atoms with Gasteiger partial charge in [-0.25, -0.2) is 0 Å². The molecule has 1 aliphatic heterocycles. The molecule has 0 spiro atoms. The monoisotopic (exact) mass is 463 g/mol. The van der Waals surface area contributed by atoms with Gasteiger partial charge in [0.25, 0.3) is 0 Å². The van der Waals surface area contributed by atoms with E-state index in [0.717, 1.165) is 33.7 Å². The van der Waals surface area contributed by atoms with Gasteiger partial charge in [-0.05, 0) is 56.1 Å². The van der Waals surface area contributed by atoms with E-state index in [0.29, 0.717) is 13.0 Å². The third-order valence-electron chi connectivity index (χ3n) is 6.84. The molecule has 4 aromatic rings. The van der Waals surface area contributed by atoms with Crippen LogP contribution in [0.4, 0.5) is 0 Å². The van der Waals surface area contributed by atoms with Gasteiger partial charge in [-0.15, -0.1) is 0 Å². The number of pyridine rings is 1. The number of para-hydroxylation sites is 1. The van der Waals surface area contributed by atoms with Gasteiger partial charge in [0.15, 0.2) is 0 Å². The molecule has 176 valence electrons. The number of nitrogens with zero attached hydrogens (tertiary/aromatic N) is 1. The predicted molar refractivity (Wildman–Crippen MR) is 141 cm³/mol. The Hall–Kier alpha value is -3.41. The van der Waals surface area contributed by atoms with Crippen molar-refractivity contribution in [2.24, 2.45) is 0 Å². The number of ether oxygens (including phenoxy) is 1. The van der Waals surface area contributed by atoms with Crippen LogP contribution in [0, 0.1) is 0 Å². The van der Waals surface area contributed by atoms with Gasteiger partial charge in [0, 0.05) is 17.7 Å². The second-order valence-corrected chi connectivity index (χ2v) is 9.68. The highest BCUT2D eigenvalue weighted by Gasteiger charge is 2.54. The van der Waals surface area contributed by atoms with E-state index in [-0.39, 0.29) is 0 Å². The smallest absolute Gasteiger partial charge is 0.488 e. The molecule has 3 aromatic carbocycles. The Labute approximate surface area is 208 Å². The third kappa shape index (κ3) is 5.02. The summed E-state index contributed by atoms with van der Waals surface area (Å²) in [6.07, 6.45) is 0.629. The van der Waals surface area contributed by atoms with Crippen molar-refractivity contribution in [3.05, 3.63) is 114 Å². The normalized spacial score (nSPS) is 19.0. The summed E-state index contributed by atoms with van der Waals surface area (Å²) in [5.74, 6) is 0.817.